The maximum absolute atomic E-state index is 10.5. The molecule has 2 atom stereocenters. The number of aromatic nitrogens is 6. The SMILES string of the molecule is CCCCc1ncc2n1[C@@H](c1ccc(-c3ccccc3-c3nn[nH]n3)cc1)CC[C@H]2O. The molecule has 2 aromatic carbocycles. The first-order chi connectivity index (χ1) is 15.3. The Balaban J connectivity index is 1.49. The average molecular weight is 415 g/mol. The summed E-state index contributed by atoms with van der Waals surface area (Å²) in [7, 11) is 0. The Bertz CT molecular complexity index is 1150. The van der Waals surface area contributed by atoms with Crippen molar-refractivity contribution < 1.29 is 5.11 Å². The van der Waals surface area contributed by atoms with Crippen LogP contribution < -0.4 is 0 Å². The number of nitrogens with one attached hydrogen (secondary N) is 1. The highest BCUT2D eigenvalue weighted by Crippen LogP contribution is 2.38. The first kappa shape index (κ1) is 19.6. The fraction of sp³-hybridized carbons (Fsp3) is 0.333. The molecule has 7 nitrogen and oxygen atoms in total. The molecule has 0 saturated heterocycles. The number of benzene rings is 2. The second-order valence-electron chi connectivity index (χ2n) is 8.08. The molecule has 2 aromatic heterocycles. The van der Waals surface area contributed by atoms with Crippen LogP contribution in [0.3, 0.4) is 0 Å². The first-order valence-corrected chi connectivity index (χ1v) is 10.9. The van der Waals surface area contributed by atoms with Crippen LogP contribution in [0.25, 0.3) is 22.5 Å². The third-order valence-corrected chi connectivity index (χ3v) is 6.14. The third-order valence-electron chi connectivity index (χ3n) is 6.14. The molecule has 5 rings (SSSR count). The number of aromatic amines is 1. The second-order valence-corrected chi connectivity index (χ2v) is 8.08. The van der Waals surface area contributed by atoms with Crippen molar-refractivity contribution in [2.45, 2.75) is 51.2 Å². The summed E-state index contributed by atoms with van der Waals surface area (Å²) in [6.45, 7) is 2.19. The van der Waals surface area contributed by atoms with Gasteiger partial charge in [-0.15, -0.1) is 10.2 Å². The van der Waals surface area contributed by atoms with Gasteiger partial charge >= 0.3 is 0 Å². The molecular formula is C24H26N6O. The minimum absolute atomic E-state index is 0.203. The second kappa shape index (κ2) is 8.43. The Morgan fingerprint density at radius 2 is 1.87 bits per heavy atom. The normalized spacial score (nSPS) is 18.1. The lowest BCUT2D eigenvalue weighted by Crippen LogP contribution is -2.23. The van der Waals surface area contributed by atoms with Gasteiger partial charge in [0.1, 0.15) is 5.82 Å². The summed E-state index contributed by atoms with van der Waals surface area (Å²) in [6, 6.07) is 17.0. The number of H-pyrrole nitrogens is 1. The van der Waals surface area contributed by atoms with Crippen molar-refractivity contribution in [2.24, 2.45) is 0 Å². The Kier molecular flexibility index (Phi) is 5.34. The summed E-state index contributed by atoms with van der Waals surface area (Å²) in [5.74, 6) is 1.66. The van der Waals surface area contributed by atoms with Gasteiger partial charge in [0.25, 0.3) is 0 Å². The maximum Gasteiger partial charge on any atom is 0.205 e. The quantitative estimate of drug-likeness (QED) is 0.485. The van der Waals surface area contributed by atoms with E-state index >= 15 is 0 Å². The molecular weight excluding hydrogens is 388 g/mol. The maximum atomic E-state index is 10.5. The first-order valence-electron chi connectivity index (χ1n) is 10.9. The van der Waals surface area contributed by atoms with E-state index in [1.165, 1.54) is 5.56 Å². The molecule has 2 N–H and O–H groups in total. The number of unbranched alkanes of at least 4 members (excludes halogenated alkanes) is 1. The number of nitrogens with zero attached hydrogens (tertiary/aromatic N) is 5. The molecule has 0 unspecified atom stereocenters. The van der Waals surface area contributed by atoms with Gasteiger partial charge in [0.05, 0.1) is 24.0 Å². The van der Waals surface area contributed by atoms with E-state index in [0.717, 1.165) is 60.3 Å². The van der Waals surface area contributed by atoms with Gasteiger partial charge < -0.3 is 9.67 Å². The summed E-state index contributed by atoms with van der Waals surface area (Å²) >= 11 is 0. The third kappa shape index (κ3) is 3.65. The molecule has 7 heteroatoms. The molecule has 0 radical (unpaired) electrons. The summed E-state index contributed by atoms with van der Waals surface area (Å²) < 4.78 is 2.27. The number of imidazole rings is 1. The lowest BCUT2D eigenvalue weighted by molar-refractivity contribution is 0.131. The largest absolute Gasteiger partial charge is 0.387 e. The van der Waals surface area contributed by atoms with Gasteiger partial charge in [0, 0.05) is 12.0 Å². The zero-order valence-corrected chi connectivity index (χ0v) is 17.6. The molecule has 1 aliphatic rings. The number of hydrogen-bond acceptors (Lipinski definition) is 5. The number of fused-ring (bicyclic) bond motifs is 1. The van der Waals surface area contributed by atoms with Crippen LogP contribution in [-0.2, 0) is 6.42 Å². The van der Waals surface area contributed by atoms with E-state index in [1.807, 2.05) is 24.4 Å². The number of tetrazole rings is 1. The number of rotatable bonds is 6. The van der Waals surface area contributed by atoms with Crippen LogP contribution in [0.4, 0.5) is 0 Å². The van der Waals surface area contributed by atoms with E-state index < -0.39 is 6.10 Å². The molecule has 4 aromatic rings. The van der Waals surface area contributed by atoms with Crippen LogP contribution in [0.15, 0.2) is 54.7 Å². The van der Waals surface area contributed by atoms with E-state index in [1.54, 1.807) is 0 Å². The van der Waals surface area contributed by atoms with Crippen molar-refractivity contribution in [3.63, 3.8) is 0 Å². The van der Waals surface area contributed by atoms with Crippen LogP contribution in [-0.4, -0.2) is 35.3 Å². The van der Waals surface area contributed by atoms with Crippen molar-refractivity contribution in [2.75, 3.05) is 0 Å². The number of aliphatic hydroxyl groups is 1. The van der Waals surface area contributed by atoms with Crippen LogP contribution in [0.5, 0.6) is 0 Å². The predicted molar refractivity (Wildman–Crippen MR) is 118 cm³/mol. The molecule has 1 aliphatic heterocycles. The van der Waals surface area contributed by atoms with E-state index in [0.29, 0.717) is 5.82 Å². The summed E-state index contributed by atoms with van der Waals surface area (Å²) in [5, 5.41) is 25.0. The number of hydrogen-bond donors (Lipinski definition) is 2. The van der Waals surface area contributed by atoms with Crippen molar-refractivity contribution in [3.8, 4) is 22.5 Å². The van der Waals surface area contributed by atoms with Crippen LogP contribution >= 0.6 is 0 Å². The predicted octanol–water partition coefficient (Wildman–Crippen LogP) is 4.49. The van der Waals surface area contributed by atoms with E-state index in [2.05, 4.69) is 67.4 Å². The molecule has 0 spiro atoms. The van der Waals surface area contributed by atoms with Crippen molar-refractivity contribution >= 4 is 0 Å². The highest BCUT2D eigenvalue weighted by Gasteiger charge is 2.29. The fourth-order valence-electron chi connectivity index (χ4n) is 4.54. The minimum atomic E-state index is -0.430. The van der Waals surface area contributed by atoms with Gasteiger partial charge in [-0.25, -0.2) is 4.98 Å². The number of aryl methyl sites for hydroxylation is 1. The van der Waals surface area contributed by atoms with Gasteiger partial charge in [-0.3, -0.25) is 0 Å². The Hall–Kier alpha value is -3.32. The van der Waals surface area contributed by atoms with E-state index in [-0.39, 0.29) is 6.04 Å². The highest BCUT2D eigenvalue weighted by molar-refractivity contribution is 5.80. The summed E-state index contributed by atoms with van der Waals surface area (Å²) in [5.41, 5.74) is 5.31. The van der Waals surface area contributed by atoms with Crippen molar-refractivity contribution in [3.05, 3.63) is 71.8 Å². The minimum Gasteiger partial charge on any atom is -0.387 e. The molecule has 0 aliphatic carbocycles. The molecule has 3 heterocycles. The Morgan fingerprint density at radius 1 is 1.06 bits per heavy atom. The smallest absolute Gasteiger partial charge is 0.205 e. The van der Waals surface area contributed by atoms with Crippen molar-refractivity contribution in [1.82, 2.24) is 30.2 Å². The zero-order chi connectivity index (χ0) is 21.2. The molecule has 0 saturated carbocycles. The van der Waals surface area contributed by atoms with Crippen LogP contribution in [0.2, 0.25) is 0 Å². The van der Waals surface area contributed by atoms with Gasteiger partial charge in [-0.2, -0.15) is 5.21 Å². The van der Waals surface area contributed by atoms with Gasteiger partial charge in [-0.05, 0) is 41.2 Å². The topological polar surface area (TPSA) is 92.5 Å². The molecule has 158 valence electrons. The molecule has 0 bridgehead atoms. The lowest BCUT2D eigenvalue weighted by Gasteiger charge is -2.31. The summed E-state index contributed by atoms with van der Waals surface area (Å²) in [6.07, 6.45) is 6.26. The molecule has 0 fully saturated rings. The summed E-state index contributed by atoms with van der Waals surface area (Å²) in [4.78, 5) is 4.65. The van der Waals surface area contributed by atoms with Gasteiger partial charge in [0.15, 0.2) is 0 Å². The van der Waals surface area contributed by atoms with Crippen LogP contribution in [0, 0.1) is 0 Å². The average Bonchev–Trinajstić information content (AvgIpc) is 3.49. The zero-order valence-electron chi connectivity index (χ0n) is 17.6. The monoisotopic (exact) mass is 414 g/mol. The van der Waals surface area contributed by atoms with Crippen LogP contribution in [0.1, 0.15) is 61.8 Å². The Labute approximate surface area is 181 Å². The van der Waals surface area contributed by atoms with Gasteiger partial charge in [-0.1, -0.05) is 61.9 Å². The van der Waals surface area contributed by atoms with Gasteiger partial charge in [0.2, 0.25) is 5.82 Å². The molecule has 0 amide bonds. The Morgan fingerprint density at radius 3 is 2.61 bits per heavy atom. The number of aliphatic hydroxyl groups excluding tert-OH is 1. The lowest BCUT2D eigenvalue weighted by atomic mass is 9.92. The molecule has 31 heavy (non-hydrogen) atoms. The van der Waals surface area contributed by atoms with E-state index in [4.69, 9.17) is 0 Å². The fourth-order valence-corrected chi connectivity index (χ4v) is 4.54. The standard InChI is InChI=1S/C24H26N6O/c1-2-3-8-23-25-15-21-22(31)14-13-20(30(21)23)17-11-9-16(10-12-17)18-6-4-5-7-19(18)24-26-28-29-27-24/h4-7,9-12,15,20,22,31H,2-3,8,13-14H2,1H3,(H,26,27,28,29)/t20-,22-/m1/s1. The van der Waals surface area contributed by atoms with Crippen molar-refractivity contribution in [1.29, 1.82) is 0 Å². The highest BCUT2D eigenvalue weighted by atomic mass is 16.3. The van der Waals surface area contributed by atoms with E-state index in [9.17, 15) is 5.11 Å².